The Balaban J connectivity index is 1.98. The number of aliphatic imine (C=N–C) groups is 1. The Morgan fingerprint density at radius 2 is 1.93 bits per heavy atom. The molecule has 1 aliphatic rings. The summed E-state index contributed by atoms with van der Waals surface area (Å²) in [4.78, 5) is 3.91. The van der Waals surface area contributed by atoms with Crippen LogP contribution in [0.4, 0.5) is 0 Å². The zero-order valence-corrected chi connectivity index (χ0v) is 9.61. The van der Waals surface area contributed by atoms with E-state index in [-0.39, 0.29) is 5.96 Å². The molecule has 0 aliphatic heterocycles. The van der Waals surface area contributed by atoms with Gasteiger partial charge in [0.05, 0.1) is 6.10 Å². The predicted octanol–water partition coefficient (Wildman–Crippen LogP) is 1.25. The Morgan fingerprint density at radius 3 is 2.53 bits per heavy atom. The fourth-order valence-corrected chi connectivity index (χ4v) is 1.92. The molecule has 1 aliphatic carbocycles. The van der Waals surface area contributed by atoms with Gasteiger partial charge >= 0.3 is 0 Å². The van der Waals surface area contributed by atoms with Crippen molar-refractivity contribution in [2.45, 2.75) is 45.1 Å². The van der Waals surface area contributed by atoms with Crippen LogP contribution in [0.1, 0.15) is 39.0 Å². The van der Waals surface area contributed by atoms with Gasteiger partial charge < -0.3 is 16.2 Å². The highest BCUT2D eigenvalue weighted by Gasteiger charge is 2.17. The minimum Gasteiger partial charge on any atom is -0.378 e. The summed E-state index contributed by atoms with van der Waals surface area (Å²) < 4.78 is 5.76. The number of hydrogen-bond acceptors (Lipinski definition) is 2. The van der Waals surface area contributed by atoms with Crippen molar-refractivity contribution >= 4 is 5.96 Å². The van der Waals surface area contributed by atoms with E-state index in [9.17, 15) is 0 Å². The third-order valence-corrected chi connectivity index (χ3v) is 2.91. The first-order valence-corrected chi connectivity index (χ1v) is 5.85. The van der Waals surface area contributed by atoms with Crippen molar-refractivity contribution in [1.29, 1.82) is 0 Å². The van der Waals surface area contributed by atoms with Gasteiger partial charge in [0.25, 0.3) is 0 Å². The first kappa shape index (κ1) is 12.3. The first-order valence-electron chi connectivity index (χ1n) is 5.85. The molecule has 15 heavy (non-hydrogen) atoms. The highest BCUT2D eigenvalue weighted by Crippen LogP contribution is 2.25. The molecule has 1 saturated carbocycles. The van der Waals surface area contributed by atoms with E-state index in [1.165, 1.54) is 25.7 Å². The van der Waals surface area contributed by atoms with Crippen molar-refractivity contribution < 1.29 is 4.74 Å². The highest BCUT2D eigenvalue weighted by molar-refractivity contribution is 5.75. The van der Waals surface area contributed by atoms with Crippen molar-refractivity contribution in [2.24, 2.45) is 22.4 Å². The third kappa shape index (κ3) is 5.62. The fraction of sp³-hybridized carbons (Fsp3) is 0.909. The summed E-state index contributed by atoms with van der Waals surface area (Å²) in [7, 11) is 0. The van der Waals surface area contributed by atoms with Crippen LogP contribution in [0.15, 0.2) is 4.99 Å². The average Bonchev–Trinajstić information content (AvgIpc) is 2.20. The van der Waals surface area contributed by atoms with Gasteiger partial charge in [0.2, 0.25) is 0 Å². The maximum atomic E-state index is 5.76. The molecule has 1 rings (SSSR count). The van der Waals surface area contributed by atoms with Gasteiger partial charge in [-0.2, -0.15) is 0 Å². The topological polar surface area (TPSA) is 73.6 Å². The molecule has 0 amide bonds. The molecule has 0 radical (unpaired) electrons. The molecule has 1 fully saturated rings. The van der Waals surface area contributed by atoms with Crippen molar-refractivity contribution in [3.8, 4) is 0 Å². The van der Waals surface area contributed by atoms with Crippen molar-refractivity contribution in [2.75, 3.05) is 13.2 Å². The number of guanidine groups is 1. The summed E-state index contributed by atoms with van der Waals surface area (Å²) in [6, 6.07) is 0. The zero-order chi connectivity index (χ0) is 11.1. The number of hydrogen-bond donors (Lipinski definition) is 2. The summed E-state index contributed by atoms with van der Waals surface area (Å²) in [5.74, 6) is 1.05. The molecule has 0 saturated heterocycles. The van der Waals surface area contributed by atoms with Gasteiger partial charge in [-0.15, -0.1) is 0 Å². The highest BCUT2D eigenvalue weighted by atomic mass is 16.5. The summed E-state index contributed by atoms with van der Waals surface area (Å²) in [6.07, 6.45) is 6.41. The Morgan fingerprint density at radius 1 is 1.27 bits per heavy atom. The largest absolute Gasteiger partial charge is 0.378 e. The maximum absolute atomic E-state index is 5.76. The van der Waals surface area contributed by atoms with E-state index in [1.807, 2.05) is 0 Å². The van der Waals surface area contributed by atoms with Gasteiger partial charge in [0.15, 0.2) is 5.96 Å². The van der Waals surface area contributed by atoms with E-state index in [0.29, 0.717) is 12.6 Å². The van der Waals surface area contributed by atoms with E-state index in [2.05, 4.69) is 11.9 Å². The van der Waals surface area contributed by atoms with Gasteiger partial charge in [-0.25, -0.2) is 0 Å². The second-order valence-corrected chi connectivity index (χ2v) is 4.41. The van der Waals surface area contributed by atoms with Crippen LogP contribution in [0.5, 0.6) is 0 Å². The van der Waals surface area contributed by atoms with Crippen molar-refractivity contribution in [3.63, 3.8) is 0 Å². The number of nitrogens with zero attached hydrogens (tertiary/aromatic N) is 1. The normalized spacial score (nSPS) is 26.2. The minimum atomic E-state index is 0.168. The summed E-state index contributed by atoms with van der Waals surface area (Å²) in [6.45, 7) is 3.76. The molecule has 0 atom stereocenters. The SMILES string of the molecule is CC1CCC(OCCCN=C(N)N)CC1. The van der Waals surface area contributed by atoms with Crippen LogP contribution in [0, 0.1) is 5.92 Å². The van der Waals surface area contributed by atoms with Crippen LogP contribution in [0.25, 0.3) is 0 Å². The lowest BCUT2D eigenvalue weighted by atomic mass is 9.89. The van der Waals surface area contributed by atoms with Gasteiger partial charge in [0.1, 0.15) is 0 Å². The molecule has 0 unspecified atom stereocenters. The second kappa shape index (κ2) is 6.67. The lowest BCUT2D eigenvalue weighted by Crippen LogP contribution is -2.23. The van der Waals surface area contributed by atoms with Gasteiger partial charge in [-0.3, -0.25) is 4.99 Å². The van der Waals surface area contributed by atoms with E-state index in [0.717, 1.165) is 18.9 Å². The number of rotatable bonds is 5. The monoisotopic (exact) mass is 213 g/mol. The number of nitrogens with two attached hydrogens (primary N) is 2. The molecule has 0 heterocycles. The lowest BCUT2D eigenvalue weighted by molar-refractivity contribution is 0.0195. The van der Waals surface area contributed by atoms with Gasteiger partial charge in [-0.05, 0) is 38.0 Å². The van der Waals surface area contributed by atoms with E-state index in [4.69, 9.17) is 16.2 Å². The van der Waals surface area contributed by atoms with Crippen LogP contribution >= 0.6 is 0 Å². The maximum Gasteiger partial charge on any atom is 0.185 e. The molecule has 0 bridgehead atoms. The molecule has 0 aromatic heterocycles. The first-order chi connectivity index (χ1) is 7.18. The average molecular weight is 213 g/mol. The third-order valence-electron chi connectivity index (χ3n) is 2.91. The molecule has 4 heteroatoms. The lowest BCUT2D eigenvalue weighted by Gasteiger charge is -2.26. The van der Waals surface area contributed by atoms with Gasteiger partial charge in [0, 0.05) is 13.2 Å². The van der Waals surface area contributed by atoms with Crippen molar-refractivity contribution in [1.82, 2.24) is 0 Å². The number of ether oxygens (including phenoxy) is 1. The summed E-state index contributed by atoms with van der Waals surface area (Å²) in [5, 5.41) is 0. The molecular weight excluding hydrogens is 190 g/mol. The van der Waals surface area contributed by atoms with Crippen LogP contribution in [-0.4, -0.2) is 25.2 Å². The van der Waals surface area contributed by atoms with Gasteiger partial charge in [-0.1, -0.05) is 6.92 Å². The Kier molecular flexibility index (Phi) is 5.47. The molecular formula is C11H23N3O. The molecule has 4 nitrogen and oxygen atoms in total. The molecule has 0 aromatic carbocycles. The Labute approximate surface area is 92.1 Å². The predicted molar refractivity (Wildman–Crippen MR) is 62.7 cm³/mol. The summed E-state index contributed by atoms with van der Waals surface area (Å²) in [5.41, 5.74) is 10.4. The zero-order valence-electron chi connectivity index (χ0n) is 9.61. The van der Waals surface area contributed by atoms with Crippen molar-refractivity contribution in [3.05, 3.63) is 0 Å². The molecule has 4 N–H and O–H groups in total. The van der Waals surface area contributed by atoms with Crippen LogP contribution < -0.4 is 11.5 Å². The van der Waals surface area contributed by atoms with E-state index >= 15 is 0 Å². The van der Waals surface area contributed by atoms with Crippen LogP contribution in [-0.2, 0) is 4.74 Å². The fourth-order valence-electron chi connectivity index (χ4n) is 1.92. The molecule has 0 spiro atoms. The molecule has 88 valence electrons. The minimum absolute atomic E-state index is 0.168. The quantitative estimate of drug-likeness (QED) is 0.410. The Bertz CT molecular complexity index is 194. The van der Waals surface area contributed by atoms with E-state index in [1.54, 1.807) is 0 Å². The van der Waals surface area contributed by atoms with Crippen LogP contribution in [0.3, 0.4) is 0 Å². The Hall–Kier alpha value is -0.770. The summed E-state index contributed by atoms with van der Waals surface area (Å²) >= 11 is 0. The smallest absolute Gasteiger partial charge is 0.185 e. The standard InChI is InChI=1S/C11H23N3O/c1-9-3-5-10(6-4-9)15-8-2-7-14-11(12)13/h9-10H,2-8H2,1H3,(H4,12,13,14). The molecule has 0 aromatic rings. The second-order valence-electron chi connectivity index (χ2n) is 4.41. The van der Waals surface area contributed by atoms with Crippen LogP contribution in [0.2, 0.25) is 0 Å². The van der Waals surface area contributed by atoms with E-state index < -0.39 is 0 Å².